The van der Waals surface area contributed by atoms with Crippen LogP contribution in [0.2, 0.25) is 0 Å². The Bertz CT molecular complexity index is 538. The van der Waals surface area contributed by atoms with Gasteiger partial charge in [0.15, 0.2) is 0 Å². The summed E-state index contributed by atoms with van der Waals surface area (Å²) in [7, 11) is 13.5. The number of hydrogen-bond acceptors (Lipinski definition) is 1. The van der Waals surface area contributed by atoms with Gasteiger partial charge in [-0.2, -0.15) is 0 Å². The van der Waals surface area contributed by atoms with Crippen LogP contribution < -0.4 is 5.32 Å². The molecule has 1 amide bonds. The van der Waals surface area contributed by atoms with E-state index in [0.29, 0.717) is 0 Å². The third-order valence-electron chi connectivity index (χ3n) is 2.31. The van der Waals surface area contributed by atoms with Crippen LogP contribution in [0.1, 0.15) is 25.0 Å². The van der Waals surface area contributed by atoms with E-state index >= 15 is 0 Å². The predicted octanol–water partition coefficient (Wildman–Crippen LogP) is 3.17. The number of benzene rings is 1. The van der Waals surface area contributed by atoms with Gasteiger partial charge in [-0.3, -0.25) is 0 Å². The van der Waals surface area contributed by atoms with Gasteiger partial charge in [-0.15, -0.1) is 0 Å². The summed E-state index contributed by atoms with van der Waals surface area (Å²) >= 11 is -1.92. The number of likely N-dealkylation sites (N-methyl/N-ethyl adjacent to an activating group) is 1. The van der Waals surface area contributed by atoms with E-state index in [9.17, 15) is 4.79 Å². The Morgan fingerprint density at radius 1 is 1.40 bits per heavy atom. The first-order valence-electron chi connectivity index (χ1n) is 6.00. The molecule has 1 aromatic rings. The number of carbonyl (C=O) groups excluding carboxylic acids is 1. The second kappa shape index (κ2) is 8.56. The minimum absolute atomic E-state index is 0.145. The van der Waals surface area contributed by atoms with Crippen molar-refractivity contribution >= 4 is 36.0 Å². The number of hydrogen-bond donors (Lipinski definition) is 1. The zero-order valence-corrected chi connectivity index (χ0v) is 14.8. The van der Waals surface area contributed by atoms with Crippen LogP contribution in [0.5, 0.6) is 5.75 Å². The Kier molecular flexibility index (Phi) is 7.43. The van der Waals surface area contributed by atoms with Crippen molar-refractivity contribution in [2.45, 2.75) is 20.0 Å². The molecule has 0 fully saturated rings. The second-order valence-electron chi connectivity index (χ2n) is 4.30. The topological polar surface area (TPSA) is 41.9 Å². The van der Waals surface area contributed by atoms with Crippen molar-refractivity contribution in [1.29, 1.82) is 0 Å². The molecule has 0 radical (unpaired) electrons. The van der Waals surface area contributed by atoms with Gasteiger partial charge < -0.3 is 0 Å². The van der Waals surface area contributed by atoms with E-state index < -0.39 is 13.5 Å². The van der Waals surface area contributed by atoms with Gasteiger partial charge in [-0.25, -0.2) is 0 Å². The van der Waals surface area contributed by atoms with Gasteiger partial charge in [0.1, 0.15) is 0 Å². The fourth-order valence-corrected chi connectivity index (χ4v) is 3.29. The average Bonchev–Trinajstić information content (AvgIpc) is 2.37. The van der Waals surface area contributed by atoms with Gasteiger partial charge in [0.25, 0.3) is 0 Å². The van der Waals surface area contributed by atoms with Crippen molar-refractivity contribution in [3.05, 3.63) is 35.4 Å². The zero-order valence-electron chi connectivity index (χ0n) is 11.5. The average molecular weight is 404 g/mol. The first-order chi connectivity index (χ1) is 9.42. The molecule has 0 unspecified atom stereocenters. The molecule has 3 nitrogen and oxygen atoms in total. The zero-order chi connectivity index (χ0) is 15.1. The van der Waals surface area contributed by atoms with Gasteiger partial charge in [0.2, 0.25) is 0 Å². The third-order valence-corrected chi connectivity index (χ3v) is 4.14. The SMILES string of the molecule is CNC(=O)/C=C/c1ccc([OH+]C(C)C)c([CH]=[Ru]([Cl])[Cl])c1. The van der Waals surface area contributed by atoms with Crippen LogP contribution in [0.3, 0.4) is 0 Å². The third kappa shape index (κ3) is 6.17. The van der Waals surface area contributed by atoms with Crippen molar-refractivity contribution < 1.29 is 23.0 Å². The molecule has 2 N–H and O–H groups in total. The minimum atomic E-state index is -1.92. The normalized spacial score (nSPS) is 11.6. The first kappa shape index (κ1) is 17.4. The number of aliphatic hydroxyl groups is 1. The predicted molar refractivity (Wildman–Crippen MR) is 83.2 cm³/mol. The first-order valence-corrected chi connectivity index (χ1v) is 11.5. The quantitative estimate of drug-likeness (QED) is 0.457. The maximum atomic E-state index is 11.2. The van der Waals surface area contributed by atoms with Crippen LogP contribution >= 0.6 is 19.4 Å². The number of aromatic hydroxyl groups is 1. The number of amides is 1. The second-order valence-corrected chi connectivity index (χ2v) is 10.0. The number of halogens is 2. The van der Waals surface area contributed by atoms with Crippen molar-refractivity contribution in [2.24, 2.45) is 0 Å². The van der Waals surface area contributed by atoms with Crippen molar-refractivity contribution in [2.75, 3.05) is 7.05 Å². The molecule has 0 aliphatic rings. The Morgan fingerprint density at radius 3 is 2.65 bits per heavy atom. The molecule has 20 heavy (non-hydrogen) atoms. The van der Waals surface area contributed by atoms with E-state index in [-0.39, 0.29) is 12.0 Å². The van der Waals surface area contributed by atoms with E-state index in [2.05, 4.69) is 10.1 Å². The summed E-state index contributed by atoms with van der Waals surface area (Å²) in [4.78, 5) is 11.2. The molecule has 0 atom stereocenters. The molecule has 0 spiro atoms. The molecule has 0 aliphatic heterocycles. The van der Waals surface area contributed by atoms with Crippen molar-refractivity contribution in [3.8, 4) is 5.75 Å². The van der Waals surface area contributed by atoms with Gasteiger partial charge in [0.05, 0.1) is 0 Å². The number of rotatable bonds is 5. The number of carbonyl (C=O) groups is 1. The summed E-state index contributed by atoms with van der Waals surface area (Å²) in [6.45, 7) is 4.03. The van der Waals surface area contributed by atoms with E-state index in [1.807, 2.05) is 36.7 Å². The summed E-state index contributed by atoms with van der Waals surface area (Å²) < 4.78 is 6.40. The molecule has 1 aromatic carbocycles. The molecule has 0 aliphatic carbocycles. The van der Waals surface area contributed by atoms with Crippen molar-refractivity contribution in [3.63, 3.8) is 0 Å². The van der Waals surface area contributed by atoms with E-state index in [1.165, 1.54) is 6.08 Å². The standard InChI is InChI=1S/C14H17NO2.2ClH.Ru/c1-10(2)17-13-7-5-12(9-11(13)3)6-8-14(16)15-4;;;/h3,5-10H,1-2,4H3,(H,15,16);2*1H;/q;;;+2/p-1/b8-6+;;;. The summed E-state index contributed by atoms with van der Waals surface area (Å²) in [5, 5.41) is 2.53. The molecular formula is C14H18Cl2NO2Ru+. The molecule has 6 heteroatoms. The maximum absolute atomic E-state index is 11.2. The molecule has 0 aromatic heterocycles. The van der Waals surface area contributed by atoms with Crippen LogP contribution in [0.4, 0.5) is 0 Å². The molecular weight excluding hydrogens is 386 g/mol. The fourth-order valence-electron chi connectivity index (χ4n) is 1.49. The van der Waals surface area contributed by atoms with E-state index in [0.717, 1.165) is 16.9 Å². The fraction of sp³-hybridized carbons (Fsp3) is 0.286. The van der Waals surface area contributed by atoms with Crippen LogP contribution in [-0.4, -0.2) is 28.4 Å². The molecule has 1 rings (SSSR count). The molecule has 0 saturated carbocycles. The van der Waals surface area contributed by atoms with E-state index in [1.54, 1.807) is 13.1 Å². The van der Waals surface area contributed by atoms with Crippen LogP contribution in [0.25, 0.3) is 6.08 Å². The van der Waals surface area contributed by atoms with Crippen LogP contribution in [-0.2, 0) is 18.3 Å². The Labute approximate surface area is 132 Å². The van der Waals surface area contributed by atoms with Crippen molar-refractivity contribution in [1.82, 2.24) is 5.32 Å². The number of nitrogens with one attached hydrogen (secondary N) is 1. The summed E-state index contributed by atoms with van der Waals surface area (Å²) in [5.41, 5.74) is 1.83. The molecule has 0 saturated heterocycles. The Balaban J connectivity index is 3.10. The summed E-state index contributed by atoms with van der Waals surface area (Å²) in [5.74, 6) is 0.728. The van der Waals surface area contributed by atoms with E-state index in [4.69, 9.17) is 19.4 Å². The molecule has 0 bridgehead atoms. The monoisotopic (exact) mass is 404 g/mol. The van der Waals surface area contributed by atoms with Crippen LogP contribution in [0, 0.1) is 0 Å². The van der Waals surface area contributed by atoms with Crippen LogP contribution in [0.15, 0.2) is 24.3 Å². The Morgan fingerprint density at radius 2 is 2.10 bits per heavy atom. The van der Waals surface area contributed by atoms with Gasteiger partial charge in [0, 0.05) is 0 Å². The molecule has 112 valence electrons. The van der Waals surface area contributed by atoms with Gasteiger partial charge in [-0.05, 0) is 0 Å². The number of ether oxygens (including phenoxy) is 1. The Hall–Kier alpha value is -0.697. The summed E-state index contributed by atoms with van der Waals surface area (Å²) in [6.07, 6.45) is 3.42. The molecule has 0 heterocycles. The van der Waals surface area contributed by atoms with Gasteiger partial charge in [-0.1, -0.05) is 0 Å². The summed E-state index contributed by atoms with van der Waals surface area (Å²) in [6, 6.07) is 5.77. The van der Waals surface area contributed by atoms with Gasteiger partial charge >= 0.3 is 132 Å².